The quantitative estimate of drug-likeness (QED) is 0.745. The van der Waals surface area contributed by atoms with Gasteiger partial charge in [-0.15, -0.1) is 0 Å². The molecule has 0 spiro atoms. The number of hydrogen-bond donors (Lipinski definition) is 2. The van der Waals surface area contributed by atoms with Gasteiger partial charge < -0.3 is 11.1 Å². The summed E-state index contributed by atoms with van der Waals surface area (Å²) in [6, 6.07) is 3.40. The summed E-state index contributed by atoms with van der Waals surface area (Å²) in [5, 5.41) is 2.23. The van der Waals surface area contributed by atoms with E-state index in [1.807, 2.05) is 0 Å². The predicted molar refractivity (Wildman–Crippen MR) is 98.3 cm³/mol. The largest absolute Gasteiger partial charge is 0.403 e. The van der Waals surface area contributed by atoms with Gasteiger partial charge in [0.2, 0.25) is 11.8 Å². The third-order valence-corrected chi connectivity index (χ3v) is 6.21. The molecular formula is C19H22F4N4O2. The summed E-state index contributed by atoms with van der Waals surface area (Å²) in [5.41, 5.74) is 0.700. The van der Waals surface area contributed by atoms with Crippen LogP contribution in [0, 0.1) is 16.6 Å². The second kappa shape index (κ2) is 6.17. The number of hydrogen-bond acceptors (Lipinski definition) is 4. The summed E-state index contributed by atoms with van der Waals surface area (Å²) >= 11 is 0. The molecule has 1 aliphatic heterocycles. The van der Waals surface area contributed by atoms with Crippen molar-refractivity contribution in [2.24, 2.45) is 21.6 Å². The number of amides is 2. The predicted octanol–water partition coefficient (Wildman–Crippen LogP) is 3.13. The second-order valence-corrected chi connectivity index (χ2v) is 8.26. The zero-order valence-electron chi connectivity index (χ0n) is 16.4. The van der Waals surface area contributed by atoms with Crippen molar-refractivity contribution in [1.29, 1.82) is 0 Å². The molecule has 0 radical (unpaired) electrons. The van der Waals surface area contributed by atoms with E-state index in [0.29, 0.717) is 0 Å². The number of carbonyl (C=O) groups is 2. The molecule has 1 heterocycles. The molecule has 0 saturated heterocycles. The molecule has 158 valence electrons. The Kier molecular flexibility index (Phi) is 4.48. The maximum atomic E-state index is 14.7. The van der Waals surface area contributed by atoms with E-state index < -0.39 is 40.2 Å². The minimum absolute atomic E-state index is 0.0147. The number of carbonyl (C=O) groups excluding carboxylic acids is 2. The molecule has 1 saturated carbocycles. The Balaban J connectivity index is 2.02. The number of nitrogens with one attached hydrogen (secondary N) is 1. The summed E-state index contributed by atoms with van der Waals surface area (Å²) in [4.78, 5) is 30.4. The SMILES string of the molecule is CN1C(=O)C(C)(C)C(C)(c2cc(NC(=O)C3(C(F)(F)F)CC3)ccc2F)N=C1N. The maximum absolute atomic E-state index is 14.7. The number of nitrogens with zero attached hydrogens (tertiary/aromatic N) is 2. The van der Waals surface area contributed by atoms with Gasteiger partial charge in [-0.3, -0.25) is 14.5 Å². The fourth-order valence-corrected chi connectivity index (χ4v) is 3.56. The number of benzene rings is 1. The van der Waals surface area contributed by atoms with Gasteiger partial charge in [-0.2, -0.15) is 13.2 Å². The van der Waals surface area contributed by atoms with E-state index in [4.69, 9.17) is 5.73 Å². The summed E-state index contributed by atoms with van der Waals surface area (Å²) in [7, 11) is 1.45. The summed E-state index contributed by atoms with van der Waals surface area (Å²) < 4.78 is 54.3. The number of halogens is 4. The highest BCUT2D eigenvalue weighted by atomic mass is 19.4. The topological polar surface area (TPSA) is 87.8 Å². The fourth-order valence-electron chi connectivity index (χ4n) is 3.56. The minimum Gasteiger partial charge on any atom is -0.369 e. The van der Waals surface area contributed by atoms with E-state index in [2.05, 4.69) is 10.3 Å². The summed E-state index contributed by atoms with van der Waals surface area (Å²) in [6.07, 6.45) is -5.24. The molecular weight excluding hydrogens is 392 g/mol. The Morgan fingerprint density at radius 1 is 1.24 bits per heavy atom. The number of rotatable bonds is 3. The molecule has 3 N–H and O–H groups in total. The van der Waals surface area contributed by atoms with Crippen molar-refractivity contribution in [3.8, 4) is 0 Å². The lowest BCUT2D eigenvalue weighted by Gasteiger charge is -2.46. The molecule has 0 aromatic heterocycles. The average molecular weight is 414 g/mol. The number of guanidine groups is 1. The van der Waals surface area contributed by atoms with Crippen LogP contribution in [0.25, 0.3) is 0 Å². The van der Waals surface area contributed by atoms with E-state index >= 15 is 0 Å². The molecule has 3 rings (SSSR count). The van der Waals surface area contributed by atoms with E-state index in [1.54, 1.807) is 13.8 Å². The lowest BCUT2D eigenvalue weighted by atomic mass is 9.67. The molecule has 1 aliphatic carbocycles. The minimum atomic E-state index is -4.66. The highest BCUT2D eigenvalue weighted by Gasteiger charge is 2.68. The number of alkyl halides is 3. The first-order chi connectivity index (χ1) is 13.2. The lowest BCUT2D eigenvalue weighted by molar-refractivity contribution is -0.189. The monoisotopic (exact) mass is 414 g/mol. The Labute approximate surface area is 165 Å². The van der Waals surface area contributed by atoms with E-state index in [9.17, 15) is 27.2 Å². The van der Waals surface area contributed by atoms with Gasteiger partial charge in [0, 0.05) is 18.3 Å². The first kappa shape index (κ1) is 21.1. The first-order valence-electron chi connectivity index (χ1n) is 8.99. The molecule has 1 aromatic rings. The van der Waals surface area contributed by atoms with Crippen molar-refractivity contribution in [3.05, 3.63) is 29.6 Å². The molecule has 1 atom stereocenters. The van der Waals surface area contributed by atoms with Crippen LogP contribution in [0.2, 0.25) is 0 Å². The highest BCUT2D eigenvalue weighted by Crippen LogP contribution is 2.58. The van der Waals surface area contributed by atoms with Gasteiger partial charge in [-0.05, 0) is 51.8 Å². The van der Waals surface area contributed by atoms with Gasteiger partial charge in [-0.25, -0.2) is 9.38 Å². The average Bonchev–Trinajstić information content (AvgIpc) is 3.42. The van der Waals surface area contributed by atoms with Crippen LogP contribution >= 0.6 is 0 Å². The molecule has 10 heteroatoms. The molecule has 2 amide bonds. The molecule has 1 aromatic carbocycles. The highest BCUT2D eigenvalue weighted by molar-refractivity contribution is 6.02. The van der Waals surface area contributed by atoms with Gasteiger partial charge in [0.15, 0.2) is 5.96 Å². The Morgan fingerprint density at radius 3 is 2.34 bits per heavy atom. The van der Waals surface area contributed by atoms with E-state index in [-0.39, 0.29) is 30.1 Å². The zero-order valence-corrected chi connectivity index (χ0v) is 16.4. The van der Waals surface area contributed by atoms with Crippen LogP contribution in [0.4, 0.5) is 23.2 Å². The van der Waals surface area contributed by atoms with Crippen molar-refractivity contribution in [2.45, 2.75) is 45.3 Å². The molecule has 29 heavy (non-hydrogen) atoms. The van der Waals surface area contributed by atoms with Crippen molar-refractivity contribution >= 4 is 23.5 Å². The van der Waals surface area contributed by atoms with Crippen LogP contribution in [0.1, 0.15) is 39.2 Å². The maximum Gasteiger partial charge on any atom is 0.403 e. The molecule has 2 aliphatic rings. The zero-order chi connectivity index (χ0) is 22.0. The Bertz CT molecular complexity index is 921. The van der Waals surface area contributed by atoms with Crippen LogP contribution in [-0.4, -0.2) is 35.9 Å². The van der Waals surface area contributed by atoms with Crippen molar-refractivity contribution in [2.75, 3.05) is 12.4 Å². The molecule has 1 fully saturated rings. The van der Waals surface area contributed by atoms with Crippen molar-refractivity contribution in [1.82, 2.24) is 4.90 Å². The van der Waals surface area contributed by atoms with Crippen LogP contribution in [0.3, 0.4) is 0 Å². The van der Waals surface area contributed by atoms with Crippen LogP contribution < -0.4 is 11.1 Å². The van der Waals surface area contributed by atoms with Gasteiger partial charge in [0.05, 0.1) is 5.41 Å². The molecule has 6 nitrogen and oxygen atoms in total. The van der Waals surface area contributed by atoms with Gasteiger partial charge in [0.25, 0.3) is 0 Å². The van der Waals surface area contributed by atoms with Crippen LogP contribution in [0.15, 0.2) is 23.2 Å². The van der Waals surface area contributed by atoms with Crippen LogP contribution in [-0.2, 0) is 15.1 Å². The van der Waals surface area contributed by atoms with Gasteiger partial charge in [-0.1, -0.05) is 0 Å². The summed E-state index contributed by atoms with van der Waals surface area (Å²) in [6.45, 7) is 4.68. The summed E-state index contributed by atoms with van der Waals surface area (Å²) in [5.74, 6) is -2.41. The number of nitrogens with two attached hydrogens (primary N) is 1. The van der Waals surface area contributed by atoms with Crippen LogP contribution in [0.5, 0.6) is 0 Å². The second-order valence-electron chi connectivity index (χ2n) is 8.26. The fraction of sp³-hybridized carbons (Fsp3) is 0.526. The van der Waals surface area contributed by atoms with Crippen molar-refractivity contribution in [3.63, 3.8) is 0 Å². The third-order valence-electron chi connectivity index (χ3n) is 6.21. The Hall–Kier alpha value is -2.65. The van der Waals surface area contributed by atoms with Gasteiger partial charge in [0.1, 0.15) is 16.8 Å². The van der Waals surface area contributed by atoms with E-state index in [0.717, 1.165) is 11.0 Å². The van der Waals surface area contributed by atoms with Crippen molar-refractivity contribution < 1.29 is 27.2 Å². The normalized spacial score (nSPS) is 25.4. The number of anilines is 1. The molecule has 0 bridgehead atoms. The third kappa shape index (κ3) is 2.96. The standard InChI is InChI=1S/C19H22F4N4O2/c1-16(2)14(29)27(4)15(24)26-17(16,3)11-9-10(5-6-12(11)20)25-13(28)18(7-8-18)19(21,22)23/h5-6,9H,7-8H2,1-4H3,(H2,24,26)(H,25,28). The van der Waals surface area contributed by atoms with Gasteiger partial charge >= 0.3 is 6.18 Å². The Morgan fingerprint density at radius 2 is 1.83 bits per heavy atom. The van der Waals surface area contributed by atoms with E-state index in [1.165, 1.54) is 26.1 Å². The number of aliphatic imine (C=N–C) groups is 1. The smallest absolute Gasteiger partial charge is 0.369 e. The lowest BCUT2D eigenvalue weighted by Crippen LogP contribution is -2.58. The first-order valence-corrected chi connectivity index (χ1v) is 8.99. The molecule has 1 unspecified atom stereocenters.